The third-order valence-electron chi connectivity index (χ3n) is 4.19. The van der Waals surface area contributed by atoms with Crippen molar-refractivity contribution in [2.24, 2.45) is 5.10 Å². The molecule has 0 aromatic heterocycles. The molecule has 3 aromatic carbocycles. The summed E-state index contributed by atoms with van der Waals surface area (Å²) in [5.74, 6) is 0.956. The number of amides is 1. The van der Waals surface area contributed by atoms with Crippen molar-refractivity contribution in [3.05, 3.63) is 92.9 Å². The summed E-state index contributed by atoms with van der Waals surface area (Å²) in [4.78, 5) is 12.0. The minimum absolute atomic E-state index is 0.191. The topological polar surface area (TPSA) is 59.9 Å². The normalized spacial score (nSPS) is 10.8. The first kappa shape index (κ1) is 21.9. The Balaban J connectivity index is 1.63. The zero-order valence-corrected chi connectivity index (χ0v) is 18.6. The fourth-order valence-corrected chi connectivity index (χ4v) is 3.21. The van der Waals surface area contributed by atoms with Crippen molar-refractivity contribution in [3.8, 4) is 11.5 Å². The van der Waals surface area contributed by atoms with Crippen molar-refractivity contribution in [1.82, 2.24) is 5.43 Å². The minimum Gasteiger partial charge on any atom is -0.493 e. The van der Waals surface area contributed by atoms with E-state index in [9.17, 15) is 4.79 Å². The smallest absolute Gasteiger partial charge is 0.244 e. The molecule has 30 heavy (non-hydrogen) atoms. The van der Waals surface area contributed by atoms with Gasteiger partial charge in [0.25, 0.3) is 0 Å². The predicted octanol–water partition coefficient (Wildman–Crippen LogP) is 5.38. The molecular formula is C23H20BrClN2O3. The number of hydrazone groups is 1. The van der Waals surface area contributed by atoms with Gasteiger partial charge < -0.3 is 9.47 Å². The first-order valence-corrected chi connectivity index (χ1v) is 10.3. The summed E-state index contributed by atoms with van der Waals surface area (Å²) < 4.78 is 12.1. The van der Waals surface area contributed by atoms with Crippen molar-refractivity contribution in [1.29, 1.82) is 0 Å². The highest BCUT2D eigenvalue weighted by atomic mass is 79.9. The number of carbonyl (C=O) groups is 1. The summed E-state index contributed by atoms with van der Waals surface area (Å²) in [7, 11) is 1.57. The van der Waals surface area contributed by atoms with Crippen LogP contribution < -0.4 is 14.9 Å². The lowest BCUT2D eigenvalue weighted by Crippen LogP contribution is -2.19. The number of nitrogens with zero attached hydrogens (tertiary/aromatic N) is 1. The van der Waals surface area contributed by atoms with Crippen LogP contribution in [0, 0.1) is 0 Å². The van der Waals surface area contributed by atoms with Crippen molar-refractivity contribution in [2.45, 2.75) is 13.0 Å². The fraction of sp³-hybridized carbons (Fsp3) is 0.130. The standard InChI is InChI=1S/C23H20BrClN2O3/c1-29-21-12-18(14-26-27-23(28)11-16-5-3-2-4-6-16)20(24)13-22(21)30-15-17-7-9-19(25)10-8-17/h2-10,12-14H,11,15H2,1H3,(H,27,28). The van der Waals surface area contributed by atoms with Crippen LogP contribution in [0.25, 0.3) is 0 Å². The van der Waals surface area contributed by atoms with E-state index in [0.29, 0.717) is 23.1 Å². The van der Waals surface area contributed by atoms with Gasteiger partial charge in [-0.25, -0.2) is 5.43 Å². The molecule has 0 unspecified atom stereocenters. The summed E-state index contributed by atoms with van der Waals surface area (Å²) >= 11 is 9.42. The minimum atomic E-state index is -0.191. The second-order valence-electron chi connectivity index (χ2n) is 6.40. The van der Waals surface area contributed by atoms with E-state index in [1.807, 2.05) is 60.7 Å². The molecule has 1 amide bonds. The molecule has 3 rings (SSSR count). The van der Waals surface area contributed by atoms with E-state index in [1.165, 1.54) is 0 Å². The van der Waals surface area contributed by atoms with Crippen LogP contribution in [0.1, 0.15) is 16.7 Å². The first-order valence-electron chi connectivity index (χ1n) is 9.16. The number of benzene rings is 3. The molecule has 7 heteroatoms. The SMILES string of the molecule is COc1cc(C=NNC(=O)Cc2ccccc2)c(Br)cc1OCc1ccc(Cl)cc1. The molecule has 0 fully saturated rings. The summed E-state index contributed by atoms with van der Waals surface area (Å²) in [6, 6.07) is 20.5. The van der Waals surface area contributed by atoms with Gasteiger partial charge in [-0.15, -0.1) is 0 Å². The van der Waals surface area contributed by atoms with Gasteiger partial charge in [0.05, 0.1) is 19.7 Å². The third-order valence-corrected chi connectivity index (χ3v) is 5.13. The Hall–Kier alpha value is -2.83. The van der Waals surface area contributed by atoms with E-state index in [2.05, 4.69) is 26.5 Å². The predicted molar refractivity (Wildman–Crippen MR) is 122 cm³/mol. The number of hydrogen-bond donors (Lipinski definition) is 1. The first-order chi connectivity index (χ1) is 14.5. The lowest BCUT2D eigenvalue weighted by Gasteiger charge is -2.13. The van der Waals surface area contributed by atoms with E-state index < -0.39 is 0 Å². The average Bonchev–Trinajstić information content (AvgIpc) is 2.75. The van der Waals surface area contributed by atoms with Gasteiger partial charge in [-0.2, -0.15) is 5.10 Å². The molecule has 0 atom stereocenters. The highest BCUT2D eigenvalue weighted by molar-refractivity contribution is 9.10. The lowest BCUT2D eigenvalue weighted by molar-refractivity contribution is -0.120. The molecular weight excluding hydrogens is 468 g/mol. The maximum absolute atomic E-state index is 12.0. The average molecular weight is 488 g/mol. The molecule has 0 aliphatic heterocycles. The van der Waals surface area contributed by atoms with E-state index in [0.717, 1.165) is 21.2 Å². The molecule has 0 bridgehead atoms. The molecule has 5 nitrogen and oxygen atoms in total. The monoisotopic (exact) mass is 486 g/mol. The second-order valence-corrected chi connectivity index (χ2v) is 7.69. The van der Waals surface area contributed by atoms with Crippen molar-refractivity contribution in [3.63, 3.8) is 0 Å². The number of methoxy groups -OCH3 is 1. The van der Waals surface area contributed by atoms with E-state index in [1.54, 1.807) is 19.4 Å². The fourth-order valence-electron chi connectivity index (χ4n) is 2.66. The van der Waals surface area contributed by atoms with Crippen LogP contribution in [0.5, 0.6) is 11.5 Å². The molecule has 0 heterocycles. The second kappa shape index (κ2) is 10.8. The van der Waals surface area contributed by atoms with Crippen LogP contribution in [0.15, 0.2) is 76.3 Å². The molecule has 1 N–H and O–H groups in total. The van der Waals surface area contributed by atoms with Crippen LogP contribution in [0.4, 0.5) is 0 Å². The van der Waals surface area contributed by atoms with Crippen molar-refractivity contribution in [2.75, 3.05) is 7.11 Å². The van der Waals surface area contributed by atoms with Crippen LogP contribution in [-0.4, -0.2) is 19.2 Å². The highest BCUT2D eigenvalue weighted by Gasteiger charge is 2.10. The maximum atomic E-state index is 12.0. The van der Waals surface area contributed by atoms with Gasteiger partial charge in [0.2, 0.25) is 5.91 Å². The maximum Gasteiger partial charge on any atom is 0.244 e. The van der Waals surface area contributed by atoms with Gasteiger partial charge in [0.1, 0.15) is 6.61 Å². The van der Waals surface area contributed by atoms with Gasteiger partial charge in [-0.05, 0) is 51.3 Å². The largest absolute Gasteiger partial charge is 0.493 e. The Labute approximate surface area is 188 Å². The Kier molecular flexibility index (Phi) is 7.88. The number of nitrogens with one attached hydrogen (secondary N) is 1. The third kappa shape index (κ3) is 6.34. The Bertz CT molecular complexity index is 1020. The number of rotatable bonds is 8. The van der Waals surface area contributed by atoms with Gasteiger partial charge in [-0.3, -0.25) is 4.79 Å². The lowest BCUT2D eigenvalue weighted by atomic mass is 10.1. The van der Waals surface area contributed by atoms with Gasteiger partial charge in [0.15, 0.2) is 11.5 Å². The van der Waals surface area contributed by atoms with E-state index >= 15 is 0 Å². The number of ether oxygens (including phenoxy) is 2. The molecule has 0 aliphatic carbocycles. The molecule has 0 aliphatic rings. The quantitative estimate of drug-likeness (QED) is 0.343. The number of halogens is 2. The Morgan fingerprint density at radius 1 is 1.07 bits per heavy atom. The summed E-state index contributed by atoms with van der Waals surface area (Å²) in [6.45, 7) is 0.378. The van der Waals surface area contributed by atoms with E-state index in [-0.39, 0.29) is 12.3 Å². The van der Waals surface area contributed by atoms with Gasteiger partial charge in [0, 0.05) is 15.1 Å². The van der Waals surface area contributed by atoms with Gasteiger partial charge >= 0.3 is 0 Å². The van der Waals surface area contributed by atoms with E-state index in [4.69, 9.17) is 21.1 Å². The zero-order valence-electron chi connectivity index (χ0n) is 16.3. The summed E-state index contributed by atoms with van der Waals surface area (Å²) in [6.07, 6.45) is 1.82. The Morgan fingerprint density at radius 3 is 2.50 bits per heavy atom. The highest BCUT2D eigenvalue weighted by Crippen LogP contribution is 2.33. The molecule has 154 valence electrons. The van der Waals surface area contributed by atoms with Crippen LogP contribution in [-0.2, 0) is 17.8 Å². The van der Waals surface area contributed by atoms with Crippen LogP contribution >= 0.6 is 27.5 Å². The molecule has 0 radical (unpaired) electrons. The molecule has 0 saturated carbocycles. The van der Waals surface area contributed by atoms with Crippen LogP contribution in [0.3, 0.4) is 0 Å². The zero-order chi connectivity index (χ0) is 21.3. The van der Waals surface area contributed by atoms with Gasteiger partial charge in [-0.1, -0.05) is 54.1 Å². The Morgan fingerprint density at radius 2 is 1.80 bits per heavy atom. The summed E-state index contributed by atoms with van der Waals surface area (Å²) in [5.41, 5.74) is 5.19. The van der Waals surface area contributed by atoms with Crippen molar-refractivity contribution >= 4 is 39.7 Å². The van der Waals surface area contributed by atoms with Crippen molar-refractivity contribution < 1.29 is 14.3 Å². The molecule has 0 spiro atoms. The number of hydrogen-bond acceptors (Lipinski definition) is 4. The van der Waals surface area contributed by atoms with Crippen LogP contribution in [0.2, 0.25) is 5.02 Å². The summed E-state index contributed by atoms with van der Waals surface area (Å²) in [5, 5.41) is 4.72. The number of carbonyl (C=O) groups excluding carboxylic acids is 1. The molecule has 3 aromatic rings. The molecule has 0 saturated heterocycles.